The molecular weight excluding hydrogens is 607 g/mol. The van der Waals surface area contributed by atoms with Crippen LogP contribution < -0.4 is 33.1 Å². The number of hydrogen-bond donors (Lipinski definition) is 9. The minimum Gasteiger partial charge on any atom is -0.380 e. The van der Waals surface area contributed by atoms with E-state index in [1.807, 2.05) is 6.92 Å². The minimum absolute atomic E-state index is 0.0515. The molecule has 2 aromatic heterocycles. The number of aliphatic hydroxyl groups is 3. The molecule has 0 aromatic carbocycles. The van der Waals surface area contributed by atoms with E-state index in [-0.39, 0.29) is 55.5 Å². The normalized spacial score (nSPS) is 19.6. The number of aliphatic hydroxyl groups excluding tert-OH is 3. The molecule has 20 heteroatoms. The molecule has 44 heavy (non-hydrogen) atoms. The van der Waals surface area contributed by atoms with Gasteiger partial charge in [-0.3, -0.25) is 24.2 Å². The van der Waals surface area contributed by atoms with Crippen molar-refractivity contribution >= 4 is 37.8 Å². The lowest BCUT2D eigenvalue weighted by Crippen LogP contribution is -2.50. The van der Waals surface area contributed by atoms with Gasteiger partial charge in [0.05, 0.1) is 24.1 Å². The molecule has 1 fully saturated rings. The van der Waals surface area contributed by atoms with E-state index in [4.69, 9.17) is 35.4 Å². The lowest BCUT2D eigenvalue weighted by Gasteiger charge is -2.17. The van der Waals surface area contributed by atoms with E-state index < -0.39 is 63.8 Å². The summed E-state index contributed by atoms with van der Waals surface area (Å²) in [4.78, 5) is 48.7. The minimum atomic E-state index is -2.03. The van der Waals surface area contributed by atoms with Gasteiger partial charge in [-0.1, -0.05) is 18.8 Å². The second-order valence-corrected chi connectivity index (χ2v) is 9.93. The third-order valence-electron chi connectivity index (χ3n) is 6.23. The van der Waals surface area contributed by atoms with Crippen LogP contribution >= 0.6 is 9.03 Å². The zero-order valence-corrected chi connectivity index (χ0v) is 24.8. The monoisotopic (exact) mass is 644 g/mol. The van der Waals surface area contributed by atoms with Crippen molar-refractivity contribution < 1.29 is 48.3 Å². The molecule has 2 amide bonds. The predicted molar refractivity (Wildman–Crippen MR) is 154 cm³/mol. The van der Waals surface area contributed by atoms with Crippen molar-refractivity contribution in [2.45, 2.75) is 44.0 Å². The van der Waals surface area contributed by atoms with Gasteiger partial charge >= 0.3 is 0 Å². The number of H-pyrrole nitrogens is 1. The fourth-order valence-electron chi connectivity index (χ4n) is 4.13. The molecule has 0 aliphatic carbocycles. The zero-order chi connectivity index (χ0) is 32.1. The summed E-state index contributed by atoms with van der Waals surface area (Å²) in [5.74, 6) is 8.85. The Morgan fingerprint density at radius 1 is 1.27 bits per heavy atom. The number of fused-ring (bicyclic) bond motifs is 1. The van der Waals surface area contributed by atoms with E-state index in [1.54, 1.807) is 4.57 Å². The molecule has 0 radical (unpaired) electrons. The second-order valence-electron chi connectivity index (χ2n) is 9.18. The number of aromatic nitrogens is 3. The van der Waals surface area contributed by atoms with Crippen LogP contribution in [0.5, 0.6) is 0 Å². The van der Waals surface area contributed by atoms with E-state index in [0.717, 1.165) is 0 Å². The summed E-state index contributed by atoms with van der Waals surface area (Å²) in [6, 6.07) is 0. The summed E-state index contributed by atoms with van der Waals surface area (Å²) in [6.07, 6.45) is -4.13. The van der Waals surface area contributed by atoms with Gasteiger partial charge in [-0.25, -0.2) is 5.90 Å². The van der Waals surface area contributed by atoms with Gasteiger partial charge in [0.1, 0.15) is 25.2 Å². The van der Waals surface area contributed by atoms with Crippen LogP contribution in [0.1, 0.15) is 25.1 Å². The number of aromatic amines is 1. The van der Waals surface area contributed by atoms with Crippen LogP contribution in [0.4, 0.5) is 5.95 Å². The van der Waals surface area contributed by atoms with E-state index >= 15 is 0 Å². The SMILES string of the molecule is CCNCCNC(=O)C(O)C(O)C(=O)NCC#Cc1cn(C2CC(ON)C(COPOCOCO)O2)c2nc(N)[nH]c(=O)c12. The number of nitrogens with zero attached hydrogens (tertiary/aromatic N) is 2. The molecule has 19 nitrogen and oxygen atoms in total. The van der Waals surface area contributed by atoms with Gasteiger partial charge in [-0.05, 0) is 6.54 Å². The van der Waals surface area contributed by atoms with Gasteiger partial charge in [0.2, 0.25) is 5.95 Å². The van der Waals surface area contributed by atoms with Crippen molar-refractivity contribution in [3.63, 3.8) is 0 Å². The zero-order valence-electron chi connectivity index (χ0n) is 23.8. The van der Waals surface area contributed by atoms with Gasteiger partial charge in [0.15, 0.2) is 33.7 Å². The fourth-order valence-corrected chi connectivity index (χ4v) is 4.58. The van der Waals surface area contributed by atoms with Gasteiger partial charge in [0.25, 0.3) is 17.4 Å². The van der Waals surface area contributed by atoms with Crippen LogP contribution in [-0.2, 0) is 32.9 Å². The number of carbonyl (C=O) groups is 2. The maximum absolute atomic E-state index is 12.8. The van der Waals surface area contributed by atoms with Crippen molar-refractivity contribution in [2.24, 2.45) is 5.90 Å². The topological polar surface area (TPSA) is 280 Å². The molecule has 3 rings (SSSR count). The highest BCUT2D eigenvalue weighted by molar-refractivity contribution is 7.26. The Bertz CT molecular complexity index is 1360. The molecule has 1 saturated heterocycles. The summed E-state index contributed by atoms with van der Waals surface area (Å²) < 4.78 is 22.8. The molecular formula is C24H37N8O11P. The highest BCUT2D eigenvalue weighted by atomic mass is 31.1. The molecule has 6 atom stereocenters. The number of carbonyl (C=O) groups excluding carboxylic acids is 2. The first-order chi connectivity index (χ1) is 21.2. The highest BCUT2D eigenvalue weighted by Gasteiger charge is 2.38. The number of likely N-dealkylation sites (N-methyl/N-ethyl adjacent to an activating group) is 1. The smallest absolute Gasteiger partial charge is 0.263 e. The first-order valence-electron chi connectivity index (χ1n) is 13.4. The number of anilines is 1. The van der Waals surface area contributed by atoms with Crippen LogP contribution in [0.3, 0.4) is 0 Å². The molecule has 244 valence electrons. The summed E-state index contributed by atoms with van der Waals surface area (Å²) >= 11 is 0. The Hall–Kier alpha value is -3.25. The fraction of sp³-hybridized carbons (Fsp3) is 0.583. The Morgan fingerprint density at radius 3 is 2.73 bits per heavy atom. The number of rotatable bonds is 17. The number of nitrogens with one attached hydrogen (secondary N) is 4. The maximum atomic E-state index is 12.8. The average molecular weight is 645 g/mol. The number of nitrogen functional groups attached to an aromatic ring is 1. The third kappa shape index (κ3) is 9.62. The molecule has 0 spiro atoms. The van der Waals surface area contributed by atoms with E-state index in [0.29, 0.717) is 13.1 Å². The highest BCUT2D eigenvalue weighted by Crippen LogP contribution is 2.34. The maximum Gasteiger partial charge on any atom is 0.263 e. The standard InChI is InChI=1S/C24H37N8O11P/c1-2-27-6-7-29-23(38)19(35)18(34)22(37)28-5-3-4-13-9-32(20-17(13)21(36)31-24(25)30-20)16-8-14(43-26)15(42-16)10-40-44-41-12-39-11-33/h9,14-16,18-19,27,33-35,44H,2,5-8,10-12,26H2,1H3,(H,28,37)(H,29,38)(H3,25,30,31,36). The molecule has 3 heterocycles. The molecule has 1 aliphatic heterocycles. The summed E-state index contributed by atoms with van der Waals surface area (Å²) in [5, 5.41) is 36.4. The summed E-state index contributed by atoms with van der Waals surface area (Å²) in [5.41, 5.74) is 5.63. The molecule has 0 saturated carbocycles. The van der Waals surface area contributed by atoms with E-state index in [2.05, 4.69) is 42.5 Å². The van der Waals surface area contributed by atoms with Crippen LogP contribution in [0, 0.1) is 11.8 Å². The Balaban J connectivity index is 1.67. The summed E-state index contributed by atoms with van der Waals surface area (Å²) in [7, 11) is -0.398. The van der Waals surface area contributed by atoms with Gasteiger partial charge in [-0.2, -0.15) is 4.98 Å². The quantitative estimate of drug-likeness (QED) is 0.0263. The van der Waals surface area contributed by atoms with Gasteiger partial charge in [-0.15, -0.1) is 0 Å². The lowest BCUT2D eigenvalue weighted by molar-refractivity contribution is -0.145. The number of amides is 2. The van der Waals surface area contributed by atoms with Crippen LogP contribution in [0.25, 0.3) is 11.0 Å². The average Bonchev–Trinajstić information content (AvgIpc) is 3.59. The number of ether oxygens (including phenoxy) is 2. The number of hydrogen-bond acceptors (Lipinski definition) is 15. The third-order valence-corrected chi connectivity index (χ3v) is 6.75. The van der Waals surface area contributed by atoms with Crippen molar-refractivity contribution in [1.29, 1.82) is 0 Å². The van der Waals surface area contributed by atoms with Crippen molar-refractivity contribution in [1.82, 2.24) is 30.5 Å². The first-order valence-corrected chi connectivity index (χ1v) is 14.2. The van der Waals surface area contributed by atoms with Crippen LogP contribution in [-0.4, -0.2) is 112 Å². The van der Waals surface area contributed by atoms with Crippen molar-refractivity contribution in [2.75, 3.05) is 52.1 Å². The Labute approximate surface area is 252 Å². The van der Waals surface area contributed by atoms with Gasteiger partial charge in [0, 0.05) is 25.7 Å². The Morgan fingerprint density at radius 2 is 2.02 bits per heavy atom. The van der Waals surface area contributed by atoms with Crippen LogP contribution in [0.2, 0.25) is 0 Å². The predicted octanol–water partition coefficient (Wildman–Crippen LogP) is -3.77. The van der Waals surface area contributed by atoms with Gasteiger partial charge < -0.3 is 60.1 Å². The molecule has 11 N–H and O–H groups in total. The van der Waals surface area contributed by atoms with Crippen molar-refractivity contribution in [3.8, 4) is 11.8 Å². The van der Waals surface area contributed by atoms with Crippen molar-refractivity contribution in [3.05, 3.63) is 22.1 Å². The van der Waals surface area contributed by atoms with E-state index in [9.17, 15) is 24.6 Å². The second kappa shape index (κ2) is 17.9. The summed E-state index contributed by atoms with van der Waals surface area (Å²) in [6.45, 7) is 2.37. The van der Waals surface area contributed by atoms with Crippen LogP contribution in [0.15, 0.2) is 11.0 Å². The first kappa shape index (κ1) is 35.2. The molecule has 6 unspecified atom stereocenters. The molecule has 0 bridgehead atoms. The molecule has 2 aromatic rings. The number of nitrogens with two attached hydrogens (primary N) is 2. The Kier molecular flexibility index (Phi) is 14.3. The largest absolute Gasteiger partial charge is 0.380 e. The molecule has 1 aliphatic rings. The lowest BCUT2D eigenvalue weighted by atomic mass is 10.1. The van der Waals surface area contributed by atoms with E-state index in [1.165, 1.54) is 6.20 Å².